The van der Waals surface area contributed by atoms with Crippen molar-refractivity contribution in [2.75, 3.05) is 0 Å². The Balaban J connectivity index is 1.65. The third-order valence-electron chi connectivity index (χ3n) is 4.66. The van der Waals surface area contributed by atoms with Crippen molar-refractivity contribution in [3.05, 3.63) is 68.9 Å². The Kier molecular flexibility index (Phi) is 4.10. The minimum absolute atomic E-state index is 0.0335. The van der Waals surface area contributed by atoms with E-state index in [0.717, 1.165) is 30.5 Å². The molecule has 0 spiro atoms. The van der Waals surface area contributed by atoms with Crippen LogP contribution in [0.5, 0.6) is 0 Å². The summed E-state index contributed by atoms with van der Waals surface area (Å²) in [5.74, 6) is -0.418. The summed E-state index contributed by atoms with van der Waals surface area (Å²) in [6.07, 6.45) is 8.35. The first-order chi connectivity index (χ1) is 12.0. The fraction of sp³-hybridized carbons (Fsp3) is 0.211. The third-order valence-corrected chi connectivity index (χ3v) is 5.22. The fourth-order valence-electron chi connectivity index (χ4n) is 3.50. The summed E-state index contributed by atoms with van der Waals surface area (Å²) in [5.41, 5.74) is 3.61. The fourth-order valence-corrected chi connectivity index (χ4v) is 3.87. The van der Waals surface area contributed by atoms with Gasteiger partial charge in [0, 0.05) is 22.2 Å². The molecule has 4 rings (SSSR count). The Hall–Kier alpha value is -2.17. The van der Waals surface area contributed by atoms with Gasteiger partial charge in [0.25, 0.3) is 11.8 Å². The number of carbonyl (C=O) groups excluding carboxylic acids is 2. The monoisotopic (exact) mass is 372 g/mol. The lowest BCUT2D eigenvalue weighted by molar-refractivity contribution is -0.117. The number of aliphatic imine (C=N–C) groups is 1. The summed E-state index contributed by atoms with van der Waals surface area (Å²) in [6, 6.07) is 4.68. The zero-order chi connectivity index (χ0) is 17.6. The normalized spacial score (nSPS) is 23.3. The molecule has 3 aliphatic rings. The van der Waals surface area contributed by atoms with Gasteiger partial charge in [0.05, 0.1) is 16.3 Å². The topological polar surface area (TPSA) is 58.5 Å². The third kappa shape index (κ3) is 2.96. The standard InChI is InChI=1S/C19H14Cl2N2O2/c20-10-4-7-16(21)15(8-10)19(25)22-11-5-6-13-12-2-1-3-14(12)18(24)23-17(13)9-11/h4-9,13H,1-3H2,(H,23,24). The average molecular weight is 373 g/mol. The number of benzene rings is 1. The molecule has 1 aliphatic heterocycles. The summed E-state index contributed by atoms with van der Waals surface area (Å²) in [7, 11) is 0. The first kappa shape index (κ1) is 16.3. The van der Waals surface area contributed by atoms with Gasteiger partial charge in [-0.15, -0.1) is 0 Å². The van der Waals surface area contributed by atoms with Crippen LogP contribution in [0.3, 0.4) is 0 Å². The van der Waals surface area contributed by atoms with Crippen LogP contribution < -0.4 is 5.32 Å². The maximum Gasteiger partial charge on any atom is 0.279 e. The van der Waals surface area contributed by atoms with E-state index in [4.69, 9.17) is 23.2 Å². The van der Waals surface area contributed by atoms with E-state index in [2.05, 4.69) is 10.3 Å². The largest absolute Gasteiger partial charge is 0.325 e. The number of nitrogens with one attached hydrogen (secondary N) is 1. The van der Waals surface area contributed by atoms with Crippen LogP contribution in [-0.2, 0) is 4.79 Å². The first-order valence-electron chi connectivity index (χ1n) is 8.04. The van der Waals surface area contributed by atoms with Gasteiger partial charge < -0.3 is 5.32 Å². The molecule has 1 aromatic rings. The van der Waals surface area contributed by atoms with Crippen molar-refractivity contribution in [2.45, 2.75) is 19.3 Å². The van der Waals surface area contributed by atoms with Crippen LogP contribution in [0.4, 0.5) is 0 Å². The van der Waals surface area contributed by atoms with Crippen molar-refractivity contribution >= 4 is 40.7 Å². The van der Waals surface area contributed by atoms with Crippen LogP contribution >= 0.6 is 23.2 Å². The molecule has 1 aromatic carbocycles. The number of rotatable bonds is 1. The molecule has 126 valence electrons. The number of carbonyl (C=O) groups is 2. The van der Waals surface area contributed by atoms with E-state index < -0.39 is 5.91 Å². The SMILES string of the molecule is O=C1NC2=CC(=NC(=O)c3cc(Cl)ccc3Cl)C=CC2C2=C1CCC2. The molecule has 2 aliphatic carbocycles. The minimum atomic E-state index is -0.467. The van der Waals surface area contributed by atoms with E-state index >= 15 is 0 Å². The van der Waals surface area contributed by atoms with Crippen LogP contribution in [0.1, 0.15) is 29.6 Å². The number of hydrogen-bond donors (Lipinski definition) is 1. The smallest absolute Gasteiger partial charge is 0.279 e. The van der Waals surface area contributed by atoms with Gasteiger partial charge in [-0.25, -0.2) is 4.99 Å². The lowest BCUT2D eigenvalue weighted by Crippen LogP contribution is -2.35. The summed E-state index contributed by atoms with van der Waals surface area (Å²) >= 11 is 12.0. The van der Waals surface area contributed by atoms with Crippen molar-refractivity contribution < 1.29 is 9.59 Å². The van der Waals surface area contributed by atoms with Crippen LogP contribution in [0.2, 0.25) is 10.0 Å². The van der Waals surface area contributed by atoms with Gasteiger partial charge in [0.15, 0.2) is 0 Å². The van der Waals surface area contributed by atoms with Gasteiger partial charge in [0.2, 0.25) is 0 Å². The van der Waals surface area contributed by atoms with Crippen LogP contribution in [-0.4, -0.2) is 17.5 Å². The molecule has 1 unspecified atom stereocenters. The molecule has 0 fully saturated rings. The molecule has 0 radical (unpaired) electrons. The average Bonchev–Trinajstić information content (AvgIpc) is 3.07. The van der Waals surface area contributed by atoms with Gasteiger partial charge in [0.1, 0.15) is 0 Å². The van der Waals surface area contributed by atoms with Crippen molar-refractivity contribution in [2.24, 2.45) is 10.9 Å². The van der Waals surface area contributed by atoms with Gasteiger partial charge in [-0.1, -0.05) is 29.3 Å². The Morgan fingerprint density at radius 1 is 1.24 bits per heavy atom. The van der Waals surface area contributed by atoms with Gasteiger partial charge in [-0.3, -0.25) is 9.59 Å². The first-order valence-corrected chi connectivity index (χ1v) is 8.79. The number of allylic oxidation sites excluding steroid dienone is 3. The van der Waals surface area contributed by atoms with Crippen LogP contribution in [0.25, 0.3) is 0 Å². The highest BCUT2D eigenvalue weighted by Gasteiger charge is 2.34. The van der Waals surface area contributed by atoms with E-state index in [0.29, 0.717) is 15.8 Å². The molecule has 1 N–H and O–H groups in total. The van der Waals surface area contributed by atoms with Crippen LogP contribution in [0.15, 0.2) is 58.3 Å². The van der Waals surface area contributed by atoms with E-state index in [1.807, 2.05) is 12.2 Å². The molecular formula is C19H14Cl2N2O2. The predicted octanol–water partition coefficient (Wildman–Crippen LogP) is 4.25. The van der Waals surface area contributed by atoms with Crippen molar-refractivity contribution in [1.82, 2.24) is 5.32 Å². The molecular weight excluding hydrogens is 359 g/mol. The van der Waals surface area contributed by atoms with E-state index in [1.165, 1.54) is 11.6 Å². The molecule has 4 nitrogen and oxygen atoms in total. The van der Waals surface area contributed by atoms with Gasteiger partial charge >= 0.3 is 0 Å². The Morgan fingerprint density at radius 3 is 2.92 bits per heavy atom. The number of hydrogen-bond acceptors (Lipinski definition) is 2. The minimum Gasteiger partial charge on any atom is -0.325 e. The molecule has 6 heteroatoms. The van der Waals surface area contributed by atoms with Gasteiger partial charge in [-0.2, -0.15) is 0 Å². The van der Waals surface area contributed by atoms with E-state index in [9.17, 15) is 9.59 Å². The molecule has 0 saturated heterocycles. The molecule has 2 amide bonds. The maximum atomic E-state index is 12.4. The summed E-state index contributed by atoms with van der Waals surface area (Å²) in [6.45, 7) is 0. The second-order valence-corrected chi connectivity index (χ2v) is 7.06. The second-order valence-electron chi connectivity index (χ2n) is 6.21. The summed E-state index contributed by atoms with van der Waals surface area (Å²) in [4.78, 5) is 28.7. The number of halogens is 2. The Labute approximate surface area is 154 Å². The zero-order valence-corrected chi connectivity index (χ0v) is 14.7. The lowest BCUT2D eigenvalue weighted by Gasteiger charge is -2.28. The maximum absolute atomic E-state index is 12.4. The highest BCUT2D eigenvalue weighted by Crippen LogP contribution is 2.39. The zero-order valence-electron chi connectivity index (χ0n) is 13.2. The Bertz CT molecular complexity index is 925. The van der Waals surface area contributed by atoms with Crippen molar-refractivity contribution in [3.63, 3.8) is 0 Å². The highest BCUT2D eigenvalue weighted by molar-refractivity contribution is 6.36. The van der Waals surface area contributed by atoms with Crippen molar-refractivity contribution in [1.29, 1.82) is 0 Å². The molecule has 0 bridgehead atoms. The van der Waals surface area contributed by atoms with E-state index in [1.54, 1.807) is 18.2 Å². The molecule has 0 saturated carbocycles. The molecule has 1 atom stereocenters. The second kappa shape index (κ2) is 6.28. The summed E-state index contributed by atoms with van der Waals surface area (Å²) < 4.78 is 0. The Morgan fingerprint density at radius 2 is 2.08 bits per heavy atom. The highest BCUT2D eigenvalue weighted by atomic mass is 35.5. The number of fused-ring (bicyclic) bond motifs is 2. The summed E-state index contributed by atoms with van der Waals surface area (Å²) in [5, 5.41) is 3.65. The molecule has 0 aromatic heterocycles. The quantitative estimate of drug-likeness (QED) is 0.800. The predicted molar refractivity (Wildman–Crippen MR) is 98.0 cm³/mol. The van der Waals surface area contributed by atoms with Crippen molar-refractivity contribution in [3.8, 4) is 0 Å². The van der Waals surface area contributed by atoms with Gasteiger partial charge in [-0.05, 0) is 55.2 Å². The lowest BCUT2D eigenvalue weighted by atomic mass is 9.85. The van der Waals surface area contributed by atoms with Crippen LogP contribution in [0, 0.1) is 5.92 Å². The molecule has 1 heterocycles. The number of nitrogens with zero attached hydrogens (tertiary/aromatic N) is 1. The number of amides is 2. The van der Waals surface area contributed by atoms with E-state index in [-0.39, 0.29) is 17.4 Å². The molecule has 25 heavy (non-hydrogen) atoms.